The first-order valence-corrected chi connectivity index (χ1v) is 7.43. The van der Waals surface area contributed by atoms with Crippen LogP contribution in [0.15, 0.2) is 53.0 Å². The normalized spacial score (nSPS) is 10.0. The Morgan fingerprint density at radius 1 is 1.19 bits per heavy atom. The van der Waals surface area contributed by atoms with Gasteiger partial charge in [-0.2, -0.15) is 0 Å². The van der Waals surface area contributed by atoms with Gasteiger partial charge < -0.3 is 15.4 Å². The van der Waals surface area contributed by atoms with Crippen molar-refractivity contribution in [2.45, 2.75) is 6.92 Å². The Hall–Kier alpha value is -2.01. The molecule has 2 amide bonds. The van der Waals surface area contributed by atoms with E-state index in [1.54, 1.807) is 0 Å². The Bertz CT molecular complexity index is 599. The molecule has 0 bridgehead atoms. The third-order valence-electron chi connectivity index (χ3n) is 2.75. The van der Waals surface area contributed by atoms with Gasteiger partial charge in [-0.05, 0) is 48.9 Å². The van der Waals surface area contributed by atoms with Gasteiger partial charge >= 0.3 is 6.03 Å². The molecule has 0 atom stereocenters. The van der Waals surface area contributed by atoms with Crippen LogP contribution in [0.25, 0.3) is 0 Å². The van der Waals surface area contributed by atoms with Gasteiger partial charge in [-0.1, -0.05) is 28.1 Å². The lowest BCUT2D eigenvalue weighted by Crippen LogP contribution is -2.32. The Kier molecular flexibility index (Phi) is 5.63. The molecule has 0 heterocycles. The number of halogens is 1. The van der Waals surface area contributed by atoms with Crippen LogP contribution in [0.1, 0.15) is 5.56 Å². The molecule has 0 aliphatic rings. The lowest BCUT2D eigenvalue weighted by atomic mass is 10.2. The molecule has 0 saturated heterocycles. The molecule has 0 aliphatic heterocycles. The standard InChI is InChI=1S/C16H17BrN2O2/c1-12-3-2-4-14(11-12)19-16(20)18-9-10-21-15-7-5-13(17)6-8-15/h2-8,11H,9-10H2,1H3,(H2,18,19,20). The second-order valence-electron chi connectivity index (χ2n) is 4.55. The maximum absolute atomic E-state index is 11.7. The summed E-state index contributed by atoms with van der Waals surface area (Å²) in [5.41, 5.74) is 1.88. The first-order valence-electron chi connectivity index (χ1n) is 6.63. The highest BCUT2D eigenvalue weighted by Gasteiger charge is 2.01. The van der Waals surface area contributed by atoms with Gasteiger partial charge in [0.15, 0.2) is 0 Å². The van der Waals surface area contributed by atoms with E-state index in [4.69, 9.17) is 4.74 Å². The number of hydrogen-bond acceptors (Lipinski definition) is 2. The highest BCUT2D eigenvalue weighted by Crippen LogP contribution is 2.15. The van der Waals surface area contributed by atoms with Crippen LogP contribution in [-0.2, 0) is 0 Å². The van der Waals surface area contributed by atoms with Crippen LogP contribution in [0.3, 0.4) is 0 Å². The minimum absolute atomic E-state index is 0.236. The lowest BCUT2D eigenvalue weighted by Gasteiger charge is -2.09. The van der Waals surface area contributed by atoms with Crippen LogP contribution in [0.5, 0.6) is 5.75 Å². The first-order chi connectivity index (χ1) is 10.1. The SMILES string of the molecule is Cc1cccc(NC(=O)NCCOc2ccc(Br)cc2)c1. The molecule has 0 aliphatic carbocycles. The zero-order valence-corrected chi connectivity index (χ0v) is 13.3. The van der Waals surface area contributed by atoms with Crippen LogP contribution >= 0.6 is 15.9 Å². The van der Waals surface area contributed by atoms with Crippen molar-refractivity contribution in [1.82, 2.24) is 5.32 Å². The van der Waals surface area contributed by atoms with Crippen molar-refractivity contribution in [3.63, 3.8) is 0 Å². The zero-order valence-electron chi connectivity index (χ0n) is 11.7. The first kappa shape index (κ1) is 15.4. The van der Waals surface area contributed by atoms with Crippen molar-refractivity contribution in [2.75, 3.05) is 18.5 Å². The van der Waals surface area contributed by atoms with E-state index >= 15 is 0 Å². The third kappa shape index (κ3) is 5.47. The molecule has 0 aromatic heterocycles. The van der Waals surface area contributed by atoms with Crippen molar-refractivity contribution in [3.05, 3.63) is 58.6 Å². The molecule has 2 rings (SSSR count). The average molecular weight is 349 g/mol. The number of carbonyl (C=O) groups is 1. The predicted molar refractivity (Wildman–Crippen MR) is 87.8 cm³/mol. The van der Waals surface area contributed by atoms with Crippen LogP contribution in [0.4, 0.5) is 10.5 Å². The summed E-state index contributed by atoms with van der Waals surface area (Å²) in [6.07, 6.45) is 0. The molecule has 0 spiro atoms. The maximum Gasteiger partial charge on any atom is 0.319 e. The molecule has 0 radical (unpaired) electrons. The summed E-state index contributed by atoms with van der Waals surface area (Å²) in [5, 5.41) is 5.53. The monoisotopic (exact) mass is 348 g/mol. The smallest absolute Gasteiger partial charge is 0.319 e. The molecule has 110 valence electrons. The summed E-state index contributed by atoms with van der Waals surface area (Å²) in [7, 11) is 0. The number of aryl methyl sites for hydroxylation is 1. The van der Waals surface area contributed by atoms with Crippen molar-refractivity contribution >= 4 is 27.6 Å². The van der Waals surface area contributed by atoms with E-state index in [9.17, 15) is 4.79 Å². The van der Waals surface area contributed by atoms with Gasteiger partial charge in [0.1, 0.15) is 12.4 Å². The Morgan fingerprint density at radius 2 is 1.95 bits per heavy atom. The molecule has 21 heavy (non-hydrogen) atoms. The van der Waals surface area contributed by atoms with Crippen molar-refractivity contribution in [2.24, 2.45) is 0 Å². The predicted octanol–water partition coefficient (Wildman–Crippen LogP) is 3.96. The van der Waals surface area contributed by atoms with E-state index in [-0.39, 0.29) is 6.03 Å². The van der Waals surface area contributed by atoms with Crippen LogP contribution < -0.4 is 15.4 Å². The minimum atomic E-state index is -0.236. The zero-order chi connectivity index (χ0) is 15.1. The van der Waals surface area contributed by atoms with E-state index in [1.807, 2.05) is 55.5 Å². The molecule has 0 fully saturated rings. The highest BCUT2D eigenvalue weighted by molar-refractivity contribution is 9.10. The minimum Gasteiger partial charge on any atom is -0.492 e. The Balaban J connectivity index is 1.68. The number of anilines is 1. The number of urea groups is 1. The van der Waals surface area contributed by atoms with Crippen LogP contribution in [-0.4, -0.2) is 19.2 Å². The van der Waals surface area contributed by atoms with E-state index in [2.05, 4.69) is 26.6 Å². The molecular formula is C16H17BrN2O2. The van der Waals surface area contributed by atoms with Gasteiger partial charge in [0, 0.05) is 10.2 Å². The lowest BCUT2D eigenvalue weighted by molar-refractivity contribution is 0.247. The second-order valence-corrected chi connectivity index (χ2v) is 5.47. The fourth-order valence-electron chi connectivity index (χ4n) is 1.76. The number of amides is 2. The molecule has 2 N–H and O–H groups in total. The fourth-order valence-corrected chi connectivity index (χ4v) is 2.03. The topological polar surface area (TPSA) is 50.4 Å². The second kappa shape index (κ2) is 7.69. The average Bonchev–Trinajstić information content (AvgIpc) is 2.45. The Labute approximate surface area is 132 Å². The number of benzene rings is 2. The van der Waals surface area contributed by atoms with Gasteiger partial charge in [0.2, 0.25) is 0 Å². The summed E-state index contributed by atoms with van der Waals surface area (Å²) in [4.78, 5) is 11.7. The molecule has 2 aromatic carbocycles. The molecule has 5 heteroatoms. The van der Waals surface area contributed by atoms with Crippen LogP contribution in [0.2, 0.25) is 0 Å². The number of ether oxygens (including phenoxy) is 1. The van der Waals surface area contributed by atoms with Crippen LogP contribution in [0, 0.1) is 6.92 Å². The van der Waals surface area contributed by atoms with Gasteiger partial charge in [-0.25, -0.2) is 4.79 Å². The third-order valence-corrected chi connectivity index (χ3v) is 3.27. The van der Waals surface area contributed by atoms with E-state index in [0.29, 0.717) is 13.2 Å². The number of nitrogens with one attached hydrogen (secondary N) is 2. The number of carbonyl (C=O) groups excluding carboxylic acids is 1. The molecular weight excluding hydrogens is 332 g/mol. The largest absolute Gasteiger partial charge is 0.492 e. The summed E-state index contributed by atoms with van der Waals surface area (Å²) in [6.45, 7) is 2.84. The summed E-state index contributed by atoms with van der Waals surface area (Å²) < 4.78 is 6.52. The van der Waals surface area contributed by atoms with Crippen molar-refractivity contribution in [3.8, 4) is 5.75 Å². The fraction of sp³-hybridized carbons (Fsp3) is 0.188. The number of rotatable bonds is 5. The summed E-state index contributed by atoms with van der Waals surface area (Å²) >= 11 is 3.36. The maximum atomic E-state index is 11.7. The molecule has 4 nitrogen and oxygen atoms in total. The van der Waals surface area contributed by atoms with Gasteiger partial charge in [-0.15, -0.1) is 0 Å². The van der Waals surface area contributed by atoms with Gasteiger partial charge in [-0.3, -0.25) is 0 Å². The molecule has 0 unspecified atom stereocenters. The van der Waals surface area contributed by atoms with E-state index < -0.39 is 0 Å². The van der Waals surface area contributed by atoms with Gasteiger partial charge in [0.25, 0.3) is 0 Å². The molecule has 0 saturated carbocycles. The summed E-state index contributed by atoms with van der Waals surface area (Å²) in [5.74, 6) is 0.777. The van der Waals surface area contributed by atoms with Gasteiger partial charge in [0.05, 0.1) is 6.54 Å². The van der Waals surface area contributed by atoms with Crippen molar-refractivity contribution in [1.29, 1.82) is 0 Å². The Morgan fingerprint density at radius 3 is 2.67 bits per heavy atom. The van der Waals surface area contributed by atoms with E-state index in [1.165, 1.54) is 0 Å². The number of hydrogen-bond donors (Lipinski definition) is 2. The molecule has 2 aromatic rings. The van der Waals surface area contributed by atoms with E-state index in [0.717, 1.165) is 21.5 Å². The van der Waals surface area contributed by atoms with Crippen molar-refractivity contribution < 1.29 is 9.53 Å². The highest BCUT2D eigenvalue weighted by atomic mass is 79.9. The quantitative estimate of drug-likeness (QED) is 0.803. The summed E-state index contributed by atoms with van der Waals surface area (Å²) in [6, 6.07) is 15.0.